The molecule has 0 atom stereocenters. The van der Waals surface area contributed by atoms with Crippen LogP contribution < -0.4 is 0 Å². The van der Waals surface area contributed by atoms with Gasteiger partial charge in [0, 0.05) is 10.9 Å². The smallest absolute Gasteiger partial charge is 0.278 e. The molecule has 7 heteroatoms. The summed E-state index contributed by atoms with van der Waals surface area (Å²) in [6.45, 7) is 0. The van der Waals surface area contributed by atoms with Crippen LogP contribution in [0.1, 0.15) is 5.56 Å². The molecule has 0 radical (unpaired) electrons. The lowest BCUT2D eigenvalue weighted by Gasteiger charge is -2.08. The molecule has 0 bridgehead atoms. The first-order chi connectivity index (χ1) is 11.0. The summed E-state index contributed by atoms with van der Waals surface area (Å²) in [7, 11) is 0. The van der Waals surface area contributed by atoms with Gasteiger partial charge >= 0.3 is 6.18 Å². The van der Waals surface area contributed by atoms with Crippen LogP contribution in [0.3, 0.4) is 0 Å². The van der Waals surface area contributed by atoms with E-state index in [-0.39, 0.29) is 0 Å². The van der Waals surface area contributed by atoms with Crippen molar-refractivity contribution in [3.05, 3.63) is 54.4 Å². The van der Waals surface area contributed by atoms with E-state index in [1.54, 1.807) is 24.4 Å². The average molecular weight is 314 g/mol. The van der Waals surface area contributed by atoms with Crippen LogP contribution in [0.25, 0.3) is 33.2 Å². The molecule has 0 aliphatic carbocycles. The topological polar surface area (TPSA) is 54.5 Å². The maximum atomic E-state index is 12.8. The zero-order valence-electron chi connectivity index (χ0n) is 11.6. The number of aromatic nitrogens is 4. The highest BCUT2D eigenvalue weighted by molar-refractivity contribution is 5.92. The van der Waals surface area contributed by atoms with Gasteiger partial charge in [-0.2, -0.15) is 18.3 Å². The minimum Gasteiger partial charge on any atom is -0.278 e. The largest absolute Gasteiger partial charge is 0.416 e. The lowest BCUT2D eigenvalue weighted by Crippen LogP contribution is -2.04. The molecule has 0 saturated heterocycles. The first-order valence-electron chi connectivity index (χ1n) is 6.78. The van der Waals surface area contributed by atoms with Crippen LogP contribution >= 0.6 is 0 Å². The Kier molecular flexibility index (Phi) is 2.84. The van der Waals surface area contributed by atoms with Crippen molar-refractivity contribution in [2.24, 2.45) is 0 Å². The number of nitrogens with zero attached hydrogens (tertiary/aromatic N) is 3. The van der Waals surface area contributed by atoms with Crippen molar-refractivity contribution in [3.8, 4) is 11.3 Å². The number of hydrogen-bond donors (Lipinski definition) is 1. The number of hydrogen-bond acceptors (Lipinski definition) is 3. The van der Waals surface area contributed by atoms with E-state index < -0.39 is 11.7 Å². The Morgan fingerprint density at radius 1 is 0.957 bits per heavy atom. The predicted molar refractivity (Wildman–Crippen MR) is 79.6 cm³/mol. The minimum absolute atomic E-state index is 0.376. The van der Waals surface area contributed by atoms with Gasteiger partial charge < -0.3 is 0 Å². The molecule has 2 aromatic heterocycles. The zero-order valence-corrected chi connectivity index (χ0v) is 11.6. The van der Waals surface area contributed by atoms with E-state index in [1.165, 1.54) is 12.3 Å². The maximum absolute atomic E-state index is 12.8. The number of alkyl halides is 3. The molecular formula is C16H9F3N4. The lowest BCUT2D eigenvalue weighted by molar-refractivity contribution is -0.137. The summed E-state index contributed by atoms with van der Waals surface area (Å²) < 4.78 is 38.5. The van der Waals surface area contributed by atoms with E-state index in [2.05, 4.69) is 20.2 Å². The Hall–Kier alpha value is -2.96. The van der Waals surface area contributed by atoms with Crippen LogP contribution in [0.15, 0.2) is 48.8 Å². The third-order valence-corrected chi connectivity index (χ3v) is 3.59. The summed E-state index contributed by atoms with van der Waals surface area (Å²) in [6.07, 6.45) is -1.25. The van der Waals surface area contributed by atoms with Crippen LogP contribution in [0.2, 0.25) is 0 Å². The highest BCUT2D eigenvalue weighted by atomic mass is 19.4. The summed E-state index contributed by atoms with van der Waals surface area (Å²) in [5.41, 5.74) is 2.15. The SMILES string of the molecule is FC(F)(F)c1cccc(-c2cnc3cc4[nH]ncc4cc3n2)c1. The molecular weight excluding hydrogens is 305 g/mol. The average Bonchev–Trinajstić information content (AvgIpc) is 2.98. The molecule has 0 unspecified atom stereocenters. The van der Waals surface area contributed by atoms with Gasteiger partial charge in [0.1, 0.15) is 0 Å². The van der Waals surface area contributed by atoms with Crippen molar-refractivity contribution >= 4 is 21.9 Å². The summed E-state index contributed by atoms with van der Waals surface area (Å²) in [5, 5.41) is 7.65. The maximum Gasteiger partial charge on any atom is 0.416 e. The van der Waals surface area contributed by atoms with Gasteiger partial charge in [-0.25, -0.2) is 4.98 Å². The summed E-state index contributed by atoms with van der Waals surface area (Å²) in [5.74, 6) is 0. The number of benzene rings is 2. The van der Waals surface area contributed by atoms with Crippen LogP contribution in [-0.4, -0.2) is 20.2 Å². The molecule has 0 aliphatic heterocycles. The van der Waals surface area contributed by atoms with Gasteiger partial charge in [0.05, 0.1) is 40.2 Å². The fourth-order valence-electron chi connectivity index (χ4n) is 2.44. The van der Waals surface area contributed by atoms with Crippen LogP contribution in [0.5, 0.6) is 0 Å². The van der Waals surface area contributed by atoms with Gasteiger partial charge in [0.2, 0.25) is 0 Å². The molecule has 4 aromatic rings. The van der Waals surface area contributed by atoms with Gasteiger partial charge in [-0.3, -0.25) is 10.1 Å². The number of aromatic amines is 1. The highest BCUT2D eigenvalue weighted by Crippen LogP contribution is 2.32. The summed E-state index contributed by atoms with van der Waals surface area (Å²) >= 11 is 0. The molecule has 0 spiro atoms. The van der Waals surface area contributed by atoms with Gasteiger partial charge in [0.15, 0.2) is 0 Å². The fourth-order valence-corrected chi connectivity index (χ4v) is 2.44. The van der Waals surface area contributed by atoms with Gasteiger partial charge in [-0.1, -0.05) is 12.1 Å². The molecule has 114 valence electrons. The molecule has 0 amide bonds. The first-order valence-corrected chi connectivity index (χ1v) is 6.78. The lowest BCUT2D eigenvalue weighted by atomic mass is 10.1. The number of H-pyrrole nitrogens is 1. The van der Waals surface area contributed by atoms with E-state index in [9.17, 15) is 13.2 Å². The fraction of sp³-hybridized carbons (Fsp3) is 0.0625. The van der Waals surface area contributed by atoms with Crippen LogP contribution in [0, 0.1) is 0 Å². The molecule has 2 aromatic carbocycles. The normalized spacial score (nSPS) is 12.1. The van der Waals surface area contributed by atoms with Crippen molar-refractivity contribution in [1.82, 2.24) is 20.2 Å². The van der Waals surface area contributed by atoms with Gasteiger partial charge in [0.25, 0.3) is 0 Å². The molecule has 4 rings (SSSR count). The second-order valence-electron chi connectivity index (χ2n) is 5.13. The van der Waals surface area contributed by atoms with Crippen LogP contribution in [-0.2, 0) is 6.18 Å². The molecule has 0 aliphatic rings. The third-order valence-electron chi connectivity index (χ3n) is 3.59. The second-order valence-corrected chi connectivity index (χ2v) is 5.13. The molecule has 23 heavy (non-hydrogen) atoms. The van der Waals surface area contributed by atoms with E-state index in [1.807, 2.05) is 0 Å². The molecule has 1 N–H and O–H groups in total. The van der Waals surface area contributed by atoms with E-state index >= 15 is 0 Å². The molecule has 0 fully saturated rings. The Balaban J connectivity index is 1.87. The minimum atomic E-state index is -4.39. The standard InChI is InChI=1S/C16H9F3N4/c17-16(18,19)11-3-1-2-9(4-11)15-8-20-13-6-12-10(7-21-23-12)5-14(13)22-15/h1-8H,(H,21,23). The van der Waals surface area contributed by atoms with Crippen molar-refractivity contribution in [3.63, 3.8) is 0 Å². The number of rotatable bonds is 1. The quantitative estimate of drug-likeness (QED) is 0.573. The molecule has 2 heterocycles. The van der Waals surface area contributed by atoms with Crippen molar-refractivity contribution in [1.29, 1.82) is 0 Å². The monoisotopic (exact) mass is 314 g/mol. The Morgan fingerprint density at radius 3 is 2.65 bits per heavy atom. The Labute approximate surface area is 128 Å². The first kappa shape index (κ1) is 13.7. The molecule has 0 saturated carbocycles. The van der Waals surface area contributed by atoms with Crippen LogP contribution in [0.4, 0.5) is 13.2 Å². The van der Waals surface area contributed by atoms with Gasteiger partial charge in [-0.05, 0) is 24.3 Å². The van der Waals surface area contributed by atoms with Gasteiger partial charge in [-0.15, -0.1) is 0 Å². The Bertz CT molecular complexity index is 1020. The number of halogens is 3. The van der Waals surface area contributed by atoms with Crippen molar-refractivity contribution in [2.45, 2.75) is 6.18 Å². The second kappa shape index (κ2) is 4.77. The predicted octanol–water partition coefficient (Wildman–Crippen LogP) is 4.19. The van der Waals surface area contributed by atoms with Crippen molar-refractivity contribution in [2.75, 3.05) is 0 Å². The van der Waals surface area contributed by atoms with E-state index in [0.717, 1.165) is 23.0 Å². The summed E-state index contributed by atoms with van der Waals surface area (Å²) in [6, 6.07) is 8.67. The number of nitrogens with one attached hydrogen (secondary N) is 1. The zero-order chi connectivity index (χ0) is 16.0. The number of fused-ring (bicyclic) bond motifs is 2. The van der Waals surface area contributed by atoms with E-state index in [4.69, 9.17) is 0 Å². The van der Waals surface area contributed by atoms with Crippen molar-refractivity contribution < 1.29 is 13.2 Å². The van der Waals surface area contributed by atoms with E-state index in [0.29, 0.717) is 22.3 Å². The summed E-state index contributed by atoms with van der Waals surface area (Å²) in [4.78, 5) is 8.71. The Morgan fingerprint density at radius 2 is 1.83 bits per heavy atom. The third kappa shape index (κ3) is 2.40. The molecule has 4 nitrogen and oxygen atoms in total. The highest BCUT2D eigenvalue weighted by Gasteiger charge is 2.30.